The smallest absolute Gasteiger partial charge is 0.267 e. The fourth-order valence-corrected chi connectivity index (χ4v) is 1.65. The van der Waals surface area contributed by atoms with Crippen LogP contribution >= 0.6 is 0 Å². The van der Waals surface area contributed by atoms with E-state index in [4.69, 9.17) is 0 Å². The van der Waals surface area contributed by atoms with Crippen molar-refractivity contribution in [1.29, 1.82) is 0 Å². The SMILES string of the molecule is C/C(=N/NC(=O)c1ccccc1)c1ccc(C)cc1. The maximum Gasteiger partial charge on any atom is 0.271 e. The zero-order chi connectivity index (χ0) is 13.7. The van der Waals surface area contributed by atoms with Gasteiger partial charge in [0, 0.05) is 5.56 Å². The molecule has 0 atom stereocenters. The van der Waals surface area contributed by atoms with Crippen molar-refractivity contribution in [2.45, 2.75) is 13.8 Å². The van der Waals surface area contributed by atoms with E-state index in [-0.39, 0.29) is 5.91 Å². The van der Waals surface area contributed by atoms with Gasteiger partial charge in [-0.15, -0.1) is 0 Å². The van der Waals surface area contributed by atoms with Gasteiger partial charge in [0.15, 0.2) is 0 Å². The molecule has 0 radical (unpaired) electrons. The summed E-state index contributed by atoms with van der Waals surface area (Å²) >= 11 is 0. The number of benzene rings is 2. The molecular formula is C16H16N2O. The average Bonchev–Trinajstić information content (AvgIpc) is 2.46. The summed E-state index contributed by atoms with van der Waals surface area (Å²) in [7, 11) is 0. The summed E-state index contributed by atoms with van der Waals surface area (Å²) in [5.41, 5.74) is 6.14. The zero-order valence-corrected chi connectivity index (χ0v) is 11.1. The monoisotopic (exact) mass is 252 g/mol. The second kappa shape index (κ2) is 5.96. The minimum atomic E-state index is -0.202. The van der Waals surface area contributed by atoms with Crippen LogP contribution in [-0.4, -0.2) is 11.6 Å². The van der Waals surface area contributed by atoms with Crippen molar-refractivity contribution in [1.82, 2.24) is 5.43 Å². The van der Waals surface area contributed by atoms with Gasteiger partial charge < -0.3 is 0 Å². The molecule has 0 aromatic heterocycles. The standard InChI is InChI=1S/C16H16N2O/c1-12-8-10-14(11-9-12)13(2)17-18-16(19)15-6-4-3-5-7-15/h3-11H,1-2H3,(H,18,19)/b17-13-. The number of nitrogens with one attached hydrogen (secondary N) is 1. The molecule has 96 valence electrons. The van der Waals surface area contributed by atoms with Crippen LogP contribution in [0, 0.1) is 6.92 Å². The van der Waals surface area contributed by atoms with Crippen LogP contribution in [-0.2, 0) is 0 Å². The number of amides is 1. The lowest BCUT2D eigenvalue weighted by molar-refractivity contribution is 0.0955. The Hall–Kier alpha value is -2.42. The molecule has 19 heavy (non-hydrogen) atoms. The van der Waals surface area contributed by atoms with Crippen molar-refractivity contribution in [2.75, 3.05) is 0 Å². The molecule has 3 nitrogen and oxygen atoms in total. The molecule has 3 heteroatoms. The minimum Gasteiger partial charge on any atom is -0.267 e. The van der Waals surface area contributed by atoms with E-state index in [9.17, 15) is 4.79 Å². The normalized spacial score (nSPS) is 11.2. The van der Waals surface area contributed by atoms with Crippen molar-refractivity contribution >= 4 is 11.6 Å². The molecule has 0 saturated carbocycles. The molecule has 2 aromatic rings. The van der Waals surface area contributed by atoms with Crippen LogP contribution in [0.2, 0.25) is 0 Å². The number of rotatable bonds is 3. The maximum atomic E-state index is 11.8. The molecule has 0 spiro atoms. The van der Waals surface area contributed by atoms with Crippen molar-refractivity contribution in [3.63, 3.8) is 0 Å². The van der Waals surface area contributed by atoms with Crippen LogP contribution in [0.15, 0.2) is 59.7 Å². The van der Waals surface area contributed by atoms with Crippen LogP contribution in [0.25, 0.3) is 0 Å². The van der Waals surface area contributed by atoms with Crippen LogP contribution < -0.4 is 5.43 Å². The lowest BCUT2D eigenvalue weighted by atomic mass is 10.1. The first-order chi connectivity index (χ1) is 9.16. The van der Waals surface area contributed by atoms with Gasteiger partial charge in [-0.3, -0.25) is 4.79 Å². The molecular weight excluding hydrogens is 236 g/mol. The number of hydrogen-bond acceptors (Lipinski definition) is 2. The zero-order valence-electron chi connectivity index (χ0n) is 11.1. The Balaban J connectivity index is 2.06. The van der Waals surface area contributed by atoms with E-state index in [1.807, 2.05) is 56.3 Å². The van der Waals surface area contributed by atoms with Gasteiger partial charge in [0.25, 0.3) is 5.91 Å². The summed E-state index contributed by atoms with van der Waals surface area (Å²) in [4.78, 5) is 11.8. The van der Waals surface area contributed by atoms with E-state index in [1.165, 1.54) is 5.56 Å². The van der Waals surface area contributed by atoms with Gasteiger partial charge in [0.2, 0.25) is 0 Å². The molecule has 0 aliphatic rings. The first-order valence-electron chi connectivity index (χ1n) is 6.13. The third kappa shape index (κ3) is 3.52. The number of aryl methyl sites for hydroxylation is 1. The summed E-state index contributed by atoms with van der Waals surface area (Å²) in [6.07, 6.45) is 0. The first-order valence-corrected chi connectivity index (χ1v) is 6.13. The summed E-state index contributed by atoms with van der Waals surface area (Å²) in [5, 5.41) is 4.12. The number of carbonyl (C=O) groups excluding carboxylic acids is 1. The molecule has 0 bridgehead atoms. The third-order valence-electron chi connectivity index (χ3n) is 2.83. The van der Waals surface area contributed by atoms with Gasteiger partial charge in [-0.2, -0.15) is 5.10 Å². The fourth-order valence-electron chi connectivity index (χ4n) is 1.65. The average molecular weight is 252 g/mol. The van der Waals surface area contributed by atoms with Crippen LogP contribution in [0.4, 0.5) is 0 Å². The molecule has 1 amide bonds. The van der Waals surface area contributed by atoms with Crippen molar-refractivity contribution in [3.8, 4) is 0 Å². The van der Waals surface area contributed by atoms with Crippen LogP contribution in [0.3, 0.4) is 0 Å². The quantitative estimate of drug-likeness (QED) is 0.661. The van der Waals surface area contributed by atoms with E-state index in [2.05, 4.69) is 10.5 Å². The Morgan fingerprint density at radius 2 is 1.58 bits per heavy atom. The molecule has 1 N–H and O–H groups in total. The molecule has 0 unspecified atom stereocenters. The van der Waals surface area contributed by atoms with Crippen molar-refractivity contribution < 1.29 is 4.79 Å². The molecule has 2 rings (SSSR count). The number of hydrazone groups is 1. The molecule has 0 fully saturated rings. The lowest BCUT2D eigenvalue weighted by Crippen LogP contribution is -2.19. The van der Waals surface area contributed by atoms with Gasteiger partial charge >= 0.3 is 0 Å². The molecule has 0 heterocycles. The number of nitrogens with zero attached hydrogens (tertiary/aromatic N) is 1. The fraction of sp³-hybridized carbons (Fsp3) is 0.125. The Morgan fingerprint density at radius 3 is 2.21 bits per heavy atom. The van der Waals surface area contributed by atoms with Crippen molar-refractivity contribution in [2.24, 2.45) is 5.10 Å². The maximum absolute atomic E-state index is 11.8. The molecule has 0 aliphatic heterocycles. The highest BCUT2D eigenvalue weighted by atomic mass is 16.2. The third-order valence-corrected chi connectivity index (χ3v) is 2.83. The molecule has 0 saturated heterocycles. The largest absolute Gasteiger partial charge is 0.271 e. The second-order valence-corrected chi connectivity index (χ2v) is 4.37. The summed E-state index contributed by atoms with van der Waals surface area (Å²) < 4.78 is 0. The van der Waals surface area contributed by atoms with E-state index in [1.54, 1.807) is 12.1 Å². The van der Waals surface area contributed by atoms with E-state index < -0.39 is 0 Å². The predicted molar refractivity (Wildman–Crippen MR) is 77.3 cm³/mol. The Kier molecular flexibility index (Phi) is 4.08. The van der Waals surface area contributed by atoms with Crippen molar-refractivity contribution in [3.05, 3.63) is 71.3 Å². The van der Waals surface area contributed by atoms with Gasteiger partial charge in [0.05, 0.1) is 5.71 Å². The van der Waals surface area contributed by atoms with E-state index >= 15 is 0 Å². The Morgan fingerprint density at radius 1 is 0.947 bits per heavy atom. The van der Waals surface area contributed by atoms with E-state index in [0.29, 0.717) is 5.56 Å². The van der Waals surface area contributed by atoms with Gasteiger partial charge in [-0.1, -0.05) is 48.0 Å². The van der Waals surface area contributed by atoms with Gasteiger partial charge in [-0.05, 0) is 31.5 Å². The molecule has 0 aliphatic carbocycles. The summed E-state index contributed by atoms with van der Waals surface area (Å²) in [6.45, 7) is 3.91. The second-order valence-electron chi connectivity index (χ2n) is 4.37. The first kappa shape index (κ1) is 13.0. The number of hydrogen-bond donors (Lipinski definition) is 1. The Labute approximate surface area is 113 Å². The number of carbonyl (C=O) groups is 1. The van der Waals surface area contributed by atoms with Gasteiger partial charge in [0.1, 0.15) is 0 Å². The topological polar surface area (TPSA) is 41.5 Å². The Bertz CT molecular complexity index is 586. The highest BCUT2D eigenvalue weighted by Gasteiger charge is 2.03. The minimum absolute atomic E-state index is 0.202. The van der Waals surface area contributed by atoms with Gasteiger partial charge in [-0.25, -0.2) is 5.43 Å². The highest BCUT2D eigenvalue weighted by molar-refractivity contribution is 6.00. The summed E-state index contributed by atoms with van der Waals surface area (Å²) in [5.74, 6) is -0.202. The van der Waals surface area contributed by atoms with Crippen LogP contribution in [0.1, 0.15) is 28.4 Å². The lowest BCUT2D eigenvalue weighted by Gasteiger charge is -2.03. The summed E-state index contributed by atoms with van der Waals surface area (Å²) in [6, 6.07) is 17.1. The predicted octanol–water partition coefficient (Wildman–Crippen LogP) is 3.15. The highest BCUT2D eigenvalue weighted by Crippen LogP contribution is 2.04. The molecule has 2 aromatic carbocycles. The van der Waals surface area contributed by atoms with E-state index in [0.717, 1.165) is 11.3 Å². The van der Waals surface area contributed by atoms with Crippen LogP contribution in [0.5, 0.6) is 0 Å².